The number of carboxylic acid groups (broad SMARTS) is 1. The van der Waals surface area contributed by atoms with Crippen molar-refractivity contribution in [3.8, 4) is 5.75 Å². The van der Waals surface area contributed by atoms with E-state index < -0.39 is 5.97 Å². The summed E-state index contributed by atoms with van der Waals surface area (Å²) in [6, 6.07) is 5.01. The van der Waals surface area contributed by atoms with Crippen molar-refractivity contribution in [1.29, 1.82) is 0 Å². The van der Waals surface area contributed by atoms with Gasteiger partial charge >= 0.3 is 5.97 Å². The monoisotopic (exact) mass is 210 g/mol. The van der Waals surface area contributed by atoms with Crippen LogP contribution in [-0.4, -0.2) is 17.7 Å². The number of hydrogen-bond acceptors (Lipinski definition) is 3. The second-order valence-corrected chi connectivity index (χ2v) is 2.94. The summed E-state index contributed by atoms with van der Waals surface area (Å²) in [6.07, 6.45) is 0.698. The maximum Gasteiger partial charge on any atom is 0.339 e. The van der Waals surface area contributed by atoms with Crippen LogP contribution in [0.1, 0.15) is 29.8 Å². The Hall–Kier alpha value is -1.55. The Kier molecular flexibility index (Phi) is 4.12. The normalized spacial score (nSPS) is 10.0. The van der Waals surface area contributed by atoms with Crippen molar-refractivity contribution >= 4 is 5.97 Å². The number of aromatic carboxylic acids is 1. The molecule has 0 amide bonds. The number of carbonyl (C=O) groups is 1. The Morgan fingerprint density at radius 1 is 1.40 bits per heavy atom. The Bertz CT molecular complexity index is 346. The molecule has 0 atom stereocenters. The highest BCUT2D eigenvalue weighted by atomic mass is 17.2. The van der Waals surface area contributed by atoms with E-state index in [0.717, 1.165) is 5.56 Å². The van der Waals surface area contributed by atoms with Gasteiger partial charge in [-0.3, -0.25) is 0 Å². The zero-order valence-electron chi connectivity index (χ0n) is 8.82. The van der Waals surface area contributed by atoms with Crippen LogP contribution in [0.2, 0.25) is 0 Å². The van der Waals surface area contributed by atoms with E-state index in [-0.39, 0.29) is 5.56 Å². The minimum Gasteiger partial charge on any atom is -0.478 e. The standard InChI is InChI=1S/C11H14O4/c1-3-8-6-5-7-9(11(12)13)10(8)15-14-4-2/h5-7H,3-4H2,1-2H3,(H,12,13). The van der Waals surface area contributed by atoms with E-state index in [1.165, 1.54) is 6.07 Å². The second-order valence-electron chi connectivity index (χ2n) is 2.94. The molecule has 0 aliphatic carbocycles. The minimum absolute atomic E-state index is 0.128. The molecule has 0 heterocycles. The number of rotatable bonds is 5. The van der Waals surface area contributed by atoms with Crippen molar-refractivity contribution in [2.45, 2.75) is 20.3 Å². The number of carboxylic acids is 1. The van der Waals surface area contributed by atoms with Crippen LogP contribution in [0.3, 0.4) is 0 Å². The molecule has 1 aromatic carbocycles. The minimum atomic E-state index is -1.01. The van der Waals surface area contributed by atoms with Gasteiger partial charge in [0.15, 0.2) is 5.75 Å². The fraction of sp³-hybridized carbons (Fsp3) is 0.364. The molecule has 82 valence electrons. The van der Waals surface area contributed by atoms with Crippen LogP contribution in [0.15, 0.2) is 18.2 Å². The molecule has 1 rings (SSSR count). The van der Waals surface area contributed by atoms with E-state index in [2.05, 4.69) is 0 Å². The van der Waals surface area contributed by atoms with Crippen LogP contribution >= 0.6 is 0 Å². The Morgan fingerprint density at radius 2 is 2.13 bits per heavy atom. The zero-order chi connectivity index (χ0) is 11.3. The summed E-state index contributed by atoms with van der Waals surface area (Å²) in [5.41, 5.74) is 0.950. The molecule has 4 nitrogen and oxygen atoms in total. The summed E-state index contributed by atoms with van der Waals surface area (Å²) in [7, 11) is 0. The molecule has 0 saturated carbocycles. The van der Waals surface area contributed by atoms with E-state index in [9.17, 15) is 4.79 Å². The maximum atomic E-state index is 10.9. The van der Waals surface area contributed by atoms with E-state index in [1.54, 1.807) is 13.0 Å². The summed E-state index contributed by atoms with van der Waals surface area (Å²) >= 11 is 0. The predicted octanol–water partition coefficient (Wildman–Crippen LogP) is 2.28. The summed E-state index contributed by atoms with van der Waals surface area (Å²) in [6.45, 7) is 4.08. The first-order valence-corrected chi connectivity index (χ1v) is 4.85. The quantitative estimate of drug-likeness (QED) is 0.598. The van der Waals surface area contributed by atoms with Gasteiger partial charge in [-0.25, -0.2) is 4.79 Å². The lowest BCUT2D eigenvalue weighted by molar-refractivity contribution is -0.202. The van der Waals surface area contributed by atoms with Crippen molar-refractivity contribution in [2.75, 3.05) is 6.61 Å². The molecule has 0 aliphatic heterocycles. The highest BCUT2D eigenvalue weighted by molar-refractivity contribution is 5.91. The van der Waals surface area contributed by atoms with E-state index >= 15 is 0 Å². The van der Waals surface area contributed by atoms with Crippen LogP contribution in [-0.2, 0) is 11.3 Å². The molecule has 0 aliphatic rings. The first kappa shape index (κ1) is 11.5. The first-order chi connectivity index (χ1) is 7.20. The van der Waals surface area contributed by atoms with Gasteiger partial charge in [0, 0.05) is 0 Å². The lowest BCUT2D eigenvalue weighted by Crippen LogP contribution is -2.06. The predicted molar refractivity (Wildman–Crippen MR) is 55.0 cm³/mol. The molecule has 1 aromatic rings. The van der Waals surface area contributed by atoms with Crippen LogP contribution in [0.25, 0.3) is 0 Å². The van der Waals surface area contributed by atoms with E-state index in [0.29, 0.717) is 18.8 Å². The molecule has 4 heteroatoms. The number of hydrogen-bond donors (Lipinski definition) is 1. The highest BCUT2D eigenvalue weighted by Gasteiger charge is 2.15. The third kappa shape index (κ3) is 2.70. The number of benzene rings is 1. The molecule has 0 unspecified atom stereocenters. The van der Waals surface area contributed by atoms with Crippen molar-refractivity contribution in [3.05, 3.63) is 29.3 Å². The van der Waals surface area contributed by atoms with E-state index in [1.807, 2.05) is 13.0 Å². The van der Waals surface area contributed by atoms with Crippen molar-refractivity contribution in [3.63, 3.8) is 0 Å². The average Bonchev–Trinajstić information content (AvgIpc) is 2.25. The third-order valence-corrected chi connectivity index (χ3v) is 1.97. The van der Waals surface area contributed by atoms with E-state index in [4.69, 9.17) is 14.9 Å². The molecule has 0 spiro atoms. The van der Waals surface area contributed by atoms with Crippen molar-refractivity contribution in [1.82, 2.24) is 0 Å². The molecule has 0 fully saturated rings. The largest absolute Gasteiger partial charge is 0.478 e. The first-order valence-electron chi connectivity index (χ1n) is 4.85. The number of aryl methyl sites for hydroxylation is 1. The lowest BCUT2D eigenvalue weighted by Gasteiger charge is -2.10. The summed E-state index contributed by atoms with van der Waals surface area (Å²) < 4.78 is 0. The van der Waals surface area contributed by atoms with Gasteiger partial charge in [-0.15, -0.1) is 0 Å². The third-order valence-electron chi connectivity index (χ3n) is 1.97. The zero-order valence-corrected chi connectivity index (χ0v) is 8.82. The van der Waals surface area contributed by atoms with Crippen LogP contribution in [0.4, 0.5) is 0 Å². The molecule has 0 bridgehead atoms. The second kappa shape index (κ2) is 5.36. The van der Waals surface area contributed by atoms with Gasteiger partial charge in [0.05, 0.1) is 6.61 Å². The number of para-hydroxylation sites is 1. The highest BCUT2D eigenvalue weighted by Crippen LogP contribution is 2.24. The molecular formula is C11H14O4. The topological polar surface area (TPSA) is 55.8 Å². The van der Waals surface area contributed by atoms with Gasteiger partial charge < -0.3 is 9.99 Å². The molecular weight excluding hydrogens is 196 g/mol. The summed E-state index contributed by atoms with van der Waals surface area (Å²) in [5.74, 6) is -0.714. The van der Waals surface area contributed by atoms with Gasteiger partial charge in [0.1, 0.15) is 5.56 Å². The van der Waals surface area contributed by atoms with Gasteiger partial charge in [-0.05, 0) is 25.0 Å². The fourth-order valence-corrected chi connectivity index (χ4v) is 1.25. The van der Waals surface area contributed by atoms with Crippen LogP contribution in [0, 0.1) is 0 Å². The summed E-state index contributed by atoms with van der Waals surface area (Å²) in [4.78, 5) is 20.7. The lowest BCUT2D eigenvalue weighted by atomic mass is 10.1. The SMILES string of the molecule is CCOOc1c(CC)cccc1C(=O)O. The molecule has 0 saturated heterocycles. The Labute approximate surface area is 88.4 Å². The van der Waals surface area contributed by atoms with Crippen molar-refractivity contribution in [2.24, 2.45) is 0 Å². The Balaban J connectivity index is 3.08. The van der Waals surface area contributed by atoms with Gasteiger partial charge in [0.25, 0.3) is 0 Å². The van der Waals surface area contributed by atoms with Crippen LogP contribution in [0.5, 0.6) is 5.75 Å². The molecule has 0 aromatic heterocycles. The van der Waals surface area contributed by atoms with Crippen LogP contribution < -0.4 is 4.89 Å². The molecule has 15 heavy (non-hydrogen) atoms. The van der Waals surface area contributed by atoms with Gasteiger partial charge in [-0.1, -0.05) is 19.1 Å². The van der Waals surface area contributed by atoms with Crippen molar-refractivity contribution < 1.29 is 19.7 Å². The maximum absolute atomic E-state index is 10.9. The Morgan fingerprint density at radius 3 is 2.67 bits per heavy atom. The smallest absolute Gasteiger partial charge is 0.339 e. The molecule has 1 N–H and O–H groups in total. The average molecular weight is 210 g/mol. The molecule has 0 radical (unpaired) electrons. The summed E-state index contributed by atoms with van der Waals surface area (Å²) in [5, 5.41) is 8.95. The van der Waals surface area contributed by atoms with Gasteiger partial charge in [-0.2, -0.15) is 4.89 Å². The van der Waals surface area contributed by atoms with Gasteiger partial charge in [0.2, 0.25) is 0 Å². The fourth-order valence-electron chi connectivity index (χ4n) is 1.25.